The molecular weight excluding hydrogens is 593 g/mol. The van der Waals surface area contributed by atoms with Crippen molar-refractivity contribution in [2.24, 2.45) is 0 Å². The van der Waals surface area contributed by atoms with Crippen LogP contribution >= 0.6 is 23.2 Å². The molecule has 42 heavy (non-hydrogen) atoms. The van der Waals surface area contributed by atoms with Crippen LogP contribution in [0, 0.1) is 6.92 Å². The van der Waals surface area contributed by atoms with Crippen molar-refractivity contribution in [1.82, 2.24) is 10.2 Å². The average molecular weight is 631 g/mol. The molecule has 1 N–H and O–H groups in total. The molecule has 0 spiro atoms. The van der Waals surface area contributed by atoms with Crippen LogP contribution in [-0.4, -0.2) is 50.0 Å². The number of hydrogen-bond donors (Lipinski definition) is 1. The normalized spacial score (nSPS) is 14.7. The van der Waals surface area contributed by atoms with Crippen molar-refractivity contribution in [3.05, 3.63) is 99.5 Å². The number of carbonyl (C=O) groups excluding carboxylic acids is 2. The lowest BCUT2D eigenvalue weighted by atomic mass is 9.94. The number of nitrogens with one attached hydrogen (secondary N) is 1. The van der Waals surface area contributed by atoms with Crippen molar-refractivity contribution in [2.75, 3.05) is 17.1 Å². The van der Waals surface area contributed by atoms with Gasteiger partial charge in [-0.1, -0.05) is 91.0 Å². The van der Waals surface area contributed by atoms with Crippen LogP contribution in [0.15, 0.2) is 72.8 Å². The number of anilines is 1. The third kappa shape index (κ3) is 8.49. The zero-order valence-electron chi connectivity index (χ0n) is 23.9. The first kappa shape index (κ1) is 31.9. The predicted octanol–water partition coefficient (Wildman–Crippen LogP) is 6.16. The summed E-state index contributed by atoms with van der Waals surface area (Å²) in [5, 5.41) is 4.14. The van der Waals surface area contributed by atoms with Gasteiger partial charge in [-0.3, -0.25) is 13.9 Å². The summed E-state index contributed by atoms with van der Waals surface area (Å²) in [6.45, 7) is 1.31. The Bertz CT molecular complexity index is 1480. The second-order valence-corrected chi connectivity index (χ2v) is 13.6. The zero-order chi connectivity index (χ0) is 30.3. The number of halogens is 2. The molecule has 1 saturated carbocycles. The van der Waals surface area contributed by atoms with E-state index in [4.69, 9.17) is 23.2 Å². The zero-order valence-corrected chi connectivity index (χ0v) is 26.3. The first-order valence-electron chi connectivity index (χ1n) is 14.1. The highest BCUT2D eigenvalue weighted by molar-refractivity contribution is 7.92. The van der Waals surface area contributed by atoms with E-state index in [1.54, 1.807) is 49.4 Å². The summed E-state index contributed by atoms with van der Waals surface area (Å²) in [5.74, 6) is -0.757. The van der Waals surface area contributed by atoms with Crippen molar-refractivity contribution < 1.29 is 18.0 Å². The standard InChI is InChI=1S/C32H37Cl2N3O4S/c1-23-28(34)14-9-15-29(23)37(42(2,40)41)22-31(38)36(21-25-16-18-26(33)19-17-25)30(20-24-10-5-3-6-11-24)32(39)35-27-12-7-4-8-13-27/h3,5-6,9-11,14-19,27,30H,4,7-8,12-13,20-22H2,1-2H3,(H,35,39)/t30-/m1/s1. The van der Waals surface area contributed by atoms with Crippen LogP contribution in [0.4, 0.5) is 5.69 Å². The Morgan fingerprint density at radius 2 is 1.57 bits per heavy atom. The van der Waals surface area contributed by atoms with Crippen LogP contribution in [0.5, 0.6) is 0 Å². The Labute approximate surface area is 258 Å². The number of rotatable bonds is 11. The lowest BCUT2D eigenvalue weighted by Crippen LogP contribution is -2.55. The van der Waals surface area contributed by atoms with Crippen molar-refractivity contribution in [1.29, 1.82) is 0 Å². The van der Waals surface area contributed by atoms with Gasteiger partial charge in [0.05, 0.1) is 11.9 Å². The molecule has 0 radical (unpaired) electrons. The van der Waals surface area contributed by atoms with E-state index in [0.29, 0.717) is 21.3 Å². The van der Waals surface area contributed by atoms with E-state index in [1.807, 2.05) is 30.3 Å². The molecule has 3 aromatic carbocycles. The molecule has 4 rings (SSSR count). The molecule has 1 aliphatic carbocycles. The Morgan fingerprint density at radius 3 is 2.21 bits per heavy atom. The van der Waals surface area contributed by atoms with Gasteiger partial charge in [0.15, 0.2) is 0 Å². The molecule has 224 valence electrons. The summed E-state index contributed by atoms with van der Waals surface area (Å²) >= 11 is 12.4. The van der Waals surface area contributed by atoms with E-state index < -0.39 is 28.5 Å². The molecule has 0 heterocycles. The van der Waals surface area contributed by atoms with Crippen molar-refractivity contribution in [3.8, 4) is 0 Å². The smallest absolute Gasteiger partial charge is 0.244 e. The molecule has 7 nitrogen and oxygen atoms in total. The first-order chi connectivity index (χ1) is 20.0. The molecule has 0 bridgehead atoms. The molecule has 0 saturated heterocycles. The minimum Gasteiger partial charge on any atom is -0.352 e. The molecule has 3 aromatic rings. The van der Waals surface area contributed by atoms with E-state index in [9.17, 15) is 18.0 Å². The molecular formula is C32H37Cl2N3O4S. The summed E-state index contributed by atoms with van der Waals surface area (Å²) in [7, 11) is -3.88. The van der Waals surface area contributed by atoms with E-state index in [0.717, 1.165) is 53.8 Å². The SMILES string of the molecule is Cc1c(Cl)cccc1N(CC(=O)N(Cc1ccc(Cl)cc1)[C@H](Cc1ccccc1)C(=O)NC1CCCCC1)S(C)(=O)=O. The largest absolute Gasteiger partial charge is 0.352 e. The van der Waals surface area contributed by atoms with Crippen LogP contribution in [-0.2, 0) is 32.6 Å². The summed E-state index contributed by atoms with van der Waals surface area (Å²) < 4.78 is 27.1. The van der Waals surface area contributed by atoms with Crippen LogP contribution in [0.1, 0.15) is 48.8 Å². The first-order valence-corrected chi connectivity index (χ1v) is 16.7. The van der Waals surface area contributed by atoms with Crippen LogP contribution < -0.4 is 9.62 Å². The Balaban J connectivity index is 1.73. The van der Waals surface area contributed by atoms with E-state index in [1.165, 1.54) is 4.90 Å². The van der Waals surface area contributed by atoms with E-state index >= 15 is 0 Å². The van der Waals surface area contributed by atoms with Gasteiger partial charge in [-0.2, -0.15) is 0 Å². The minimum absolute atomic E-state index is 0.0404. The number of sulfonamides is 1. The number of nitrogens with zero attached hydrogens (tertiary/aromatic N) is 2. The van der Waals surface area contributed by atoms with Crippen molar-refractivity contribution in [2.45, 2.75) is 64.1 Å². The maximum absolute atomic E-state index is 14.3. The molecule has 10 heteroatoms. The van der Waals surface area contributed by atoms with Gasteiger partial charge in [-0.05, 0) is 60.7 Å². The second-order valence-electron chi connectivity index (χ2n) is 10.9. The highest BCUT2D eigenvalue weighted by atomic mass is 35.5. The summed E-state index contributed by atoms with van der Waals surface area (Å²) in [6.07, 6.45) is 6.35. The van der Waals surface area contributed by atoms with Crippen LogP contribution in [0.25, 0.3) is 0 Å². The fourth-order valence-corrected chi connectivity index (χ4v) is 6.54. The van der Waals surface area contributed by atoms with E-state index in [2.05, 4.69) is 5.32 Å². The predicted molar refractivity (Wildman–Crippen MR) is 169 cm³/mol. The lowest BCUT2D eigenvalue weighted by Gasteiger charge is -2.35. The third-order valence-corrected chi connectivity index (χ3v) is 9.46. The monoisotopic (exact) mass is 629 g/mol. The molecule has 1 fully saturated rings. The van der Waals surface area contributed by atoms with Gasteiger partial charge in [0, 0.05) is 29.1 Å². The Morgan fingerprint density at radius 1 is 0.905 bits per heavy atom. The van der Waals surface area contributed by atoms with Crippen LogP contribution in [0.3, 0.4) is 0 Å². The van der Waals surface area contributed by atoms with Crippen molar-refractivity contribution in [3.63, 3.8) is 0 Å². The van der Waals surface area contributed by atoms with Gasteiger partial charge in [0.2, 0.25) is 21.8 Å². The second kappa shape index (κ2) is 14.4. The highest BCUT2D eigenvalue weighted by Gasteiger charge is 2.34. The summed E-state index contributed by atoms with van der Waals surface area (Å²) in [4.78, 5) is 29.7. The summed E-state index contributed by atoms with van der Waals surface area (Å²) in [5.41, 5.74) is 2.51. The lowest BCUT2D eigenvalue weighted by molar-refractivity contribution is -0.140. The van der Waals surface area contributed by atoms with E-state index in [-0.39, 0.29) is 24.9 Å². The number of carbonyl (C=O) groups is 2. The molecule has 1 atom stereocenters. The number of amides is 2. The highest BCUT2D eigenvalue weighted by Crippen LogP contribution is 2.29. The van der Waals surface area contributed by atoms with Gasteiger partial charge in [-0.25, -0.2) is 8.42 Å². The topological polar surface area (TPSA) is 86.8 Å². The Kier molecular flexibility index (Phi) is 10.9. The van der Waals surface area contributed by atoms with Gasteiger partial charge in [0.25, 0.3) is 0 Å². The minimum atomic E-state index is -3.88. The molecule has 2 amide bonds. The van der Waals surface area contributed by atoms with Gasteiger partial charge in [0.1, 0.15) is 12.6 Å². The van der Waals surface area contributed by atoms with Crippen LogP contribution in [0.2, 0.25) is 10.0 Å². The number of hydrogen-bond acceptors (Lipinski definition) is 4. The maximum atomic E-state index is 14.3. The average Bonchev–Trinajstić information content (AvgIpc) is 2.96. The number of benzene rings is 3. The third-order valence-electron chi connectivity index (χ3n) is 7.68. The van der Waals surface area contributed by atoms with Crippen molar-refractivity contribution >= 4 is 50.7 Å². The quantitative estimate of drug-likeness (QED) is 0.275. The van der Waals surface area contributed by atoms with Gasteiger partial charge in [-0.15, -0.1) is 0 Å². The Hall–Kier alpha value is -3.07. The fourth-order valence-electron chi connectivity index (χ4n) is 5.35. The molecule has 0 unspecified atom stereocenters. The van der Waals surface area contributed by atoms with Gasteiger partial charge < -0.3 is 10.2 Å². The molecule has 0 aromatic heterocycles. The molecule has 1 aliphatic rings. The summed E-state index contributed by atoms with van der Waals surface area (Å²) in [6, 6.07) is 20.7. The molecule has 0 aliphatic heterocycles. The van der Waals surface area contributed by atoms with Gasteiger partial charge >= 0.3 is 0 Å². The maximum Gasteiger partial charge on any atom is 0.244 e. The fraction of sp³-hybridized carbons (Fsp3) is 0.375.